The van der Waals surface area contributed by atoms with Crippen LogP contribution in [0.3, 0.4) is 0 Å². The van der Waals surface area contributed by atoms with E-state index in [0.717, 1.165) is 5.56 Å². The summed E-state index contributed by atoms with van der Waals surface area (Å²) in [6.45, 7) is 7.79. The second-order valence-electron chi connectivity index (χ2n) is 8.08. The third-order valence-electron chi connectivity index (χ3n) is 4.49. The average molecular weight is 461 g/mol. The largest absolute Gasteiger partial charge is 0.480 e. The highest BCUT2D eigenvalue weighted by Gasteiger charge is 2.28. The zero-order valence-corrected chi connectivity index (χ0v) is 19.1. The van der Waals surface area contributed by atoms with Crippen LogP contribution in [0.4, 0.5) is 0 Å². The van der Waals surface area contributed by atoms with E-state index < -0.39 is 48.2 Å². The molecule has 2 atom stereocenters. The van der Waals surface area contributed by atoms with Crippen molar-refractivity contribution in [2.24, 2.45) is 5.92 Å². The van der Waals surface area contributed by atoms with Gasteiger partial charge >= 0.3 is 5.97 Å². The van der Waals surface area contributed by atoms with E-state index >= 15 is 0 Å². The maximum atomic E-state index is 13.0. The second-order valence-corrected chi connectivity index (χ2v) is 8.08. The van der Waals surface area contributed by atoms with Crippen LogP contribution < -0.4 is 21.3 Å². The molecule has 0 aliphatic rings. The first-order valence-electron chi connectivity index (χ1n) is 10.6. The van der Waals surface area contributed by atoms with Crippen molar-refractivity contribution in [3.8, 4) is 0 Å². The summed E-state index contributed by atoms with van der Waals surface area (Å²) in [6.07, 6.45) is 0.426. The van der Waals surface area contributed by atoms with Gasteiger partial charge in [-0.1, -0.05) is 50.8 Å². The Hall–Kier alpha value is -3.69. The van der Waals surface area contributed by atoms with E-state index in [2.05, 4.69) is 27.8 Å². The molecule has 0 heterocycles. The Morgan fingerprint density at radius 2 is 1.55 bits per heavy atom. The molecule has 0 bridgehead atoms. The molecule has 10 nitrogen and oxygen atoms in total. The van der Waals surface area contributed by atoms with Crippen molar-refractivity contribution in [3.63, 3.8) is 0 Å². The van der Waals surface area contributed by atoms with Gasteiger partial charge in [-0.05, 0) is 24.8 Å². The predicted octanol–water partition coefficient (Wildman–Crippen LogP) is 0.138. The summed E-state index contributed by atoms with van der Waals surface area (Å²) in [5.41, 5.74) is 1.02. The molecule has 0 spiro atoms. The molecule has 1 rings (SSSR count). The van der Waals surface area contributed by atoms with Crippen molar-refractivity contribution in [2.75, 3.05) is 13.1 Å². The molecule has 0 saturated carbocycles. The summed E-state index contributed by atoms with van der Waals surface area (Å²) >= 11 is 0. The molecule has 180 valence electrons. The number of benzene rings is 1. The van der Waals surface area contributed by atoms with E-state index in [1.54, 1.807) is 24.3 Å². The molecular formula is C23H32N4O6. The summed E-state index contributed by atoms with van der Waals surface area (Å²) in [5.74, 6) is -3.47. The summed E-state index contributed by atoms with van der Waals surface area (Å²) in [4.78, 5) is 60.2. The predicted molar refractivity (Wildman–Crippen MR) is 122 cm³/mol. The van der Waals surface area contributed by atoms with E-state index in [4.69, 9.17) is 5.11 Å². The molecule has 0 aliphatic carbocycles. The van der Waals surface area contributed by atoms with Crippen molar-refractivity contribution < 1.29 is 29.1 Å². The number of hydrogen-bond donors (Lipinski definition) is 5. The van der Waals surface area contributed by atoms with Crippen LogP contribution in [-0.4, -0.2) is 59.9 Å². The number of carboxylic acids is 1. The Balaban J connectivity index is 2.96. The standard InChI is InChI=1S/C23H32N4O6/c1-14(2)10-17(22(32)25-13-20(29)30)27-23(33)18(11-16-8-6-5-7-9-16)26-19(28)12-24-21(31)15(3)4/h5-9,14,17-18H,3,10-13H2,1-2,4H3,(H,24,31)(H,25,32)(H,26,28)(H,27,33)(H,29,30)/t17?,18-/m0/s1. The fourth-order valence-electron chi connectivity index (χ4n) is 2.88. The average Bonchev–Trinajstić information content (AvgIpc) is 2.75. The van der Waals surface area contributed by atoms with Crippen LogP contribution in [-0.2, 0) is 30.4 Å². The molecule has 1 unspecified atom stereocenters. The van der Waals surface area contributed by atoms with Crippen LogP contribution in [0.15, 0.2) is 42.5 Å². The molecular weight excluding hydrogens is 428 g/mol. The molecule has 33 heavy (non-hydrogen) atoms. The van der Waals surface area contributed by atoms with E-state index in [9.17, 15) is 24.0 Å². The number of hydrogen-bond acceptors (Lipinski definition) is 5. The number of carbonyl (C=O) groups excluding carboxylic acids is 4. The fourth-order valence-corrected chi connectivity index (χ4v) is 2.88. The summed E-state index contributed by atoms with van der Waals surface area (Å²) in [6, 6.07) is 6.98. The lowest BCUT2D eigenvalue weighted by Crippen LogP contribution is -2.56. The Bertz CT molecular complexity index is 869. The Kier molecular flexibility index (Phi) is 11.3. The zero-order valence-electron chi connectivity index (χ0n) is 19.1. The lowest BCUT2D eigenvalue weighted by Gasteiger charge is -2.24. The number of amides is 4. The Morgan fingerprint density at radius 3 is 2.09 bits per heavy atom. The van der Waals surface area contributed by atoms with Crippen LogP contribution in [0.25, 0.3) is 0 Å². The first-order chi connectivity index (χ1) is 15.5. The molecule has 0 saturated heterocycles. The van der Waals surface area contributed by atoms with Gasteiger partial charge in [-0.25, -0.2) is 0 Å². The third kappa shape index (κ3) is 10.9. The van der Waals surface area contributed by atoms with Gasteiger partial charge in [0.2, 0.25) is 23.6 Å². The van der Waals surface area contributed by atoms with Gasteiger partial charge in [0.25, 0.3) is 0 Å². The van der Waals surface area contributed by atoms with E-state index in [-0.39, 0.29) is 30.9 Å². The molecule has 0 fully saturated rings. The minimum Gasteiger partial charge on any atom is -0.480 e. The van der Waals surface area contributed by atoms with Gasteiger partial charge in [-0.15, -0.1) is 0 Å². The van der Waals surface area contributed by atoms with Crippen molar-refractivity contribution in [2.45, 2.75) is 45.7 Å². The van der Waals surface area contributed by atoms with Gasteiger partial charge in [0, 0.05) is 12.0 Å². The van der Waals surface area contributed by atoms with E-state index in [0.29, 0.717) is 0 Å². The maximum absolute atomic E-state index is 13.0. The molecule has 10 heteroatoms. The molecule has 4 amide bonds. The van der Waals surface area contributed by atoms with Crippen LogP contribution >= 0.6 is 0 Å². The van der Waals surface area contributed by atoms with E-state index in [1.165, 1.54) is 6.92 Å². The van der Waals surface area contributed by atoms with Gasteiger partial charge in [0.15, 0.2) is 0 Å². The first-order valence-corrected chi connectivity index (χ1v) is 10.6. The number of nitrogens with one attached hydrogen (secondary N) is 4. The number of aliphatic carboxylic acids is 1. The smallest absolute Gasteiger partial charge is 0.322 e. The normalized spacial score (nSPS) is 12.2. The monoisotopic (exact) mass is 460 g/mol. The number of carbonyl (C=O) groups is 5. The lowest BCUT2D eigenvalue weighted by molar-refractivity contribution is -0.138. The summed E-state index contributed by atoms with van der Waals surface area (Å²) in [7, 11) is 0. The van der Waals surface area contributed by atoms with Crippen molar-refractivity contribution in [1.82, 2.24) is 21.3 Å². The molecule has 5 N–H and O–H groups in total. The van der Waals surface area contributed by atoms with Crippen LogP contribution in [0, 0.1) is 5.92 Å². The summed E-state index contributed by atoms with van der Waals surface area (Å²) < 4.78 is 0. The number of carboxylic acid groups (broad SMARTS) is 1. The second kappa shape index (κ2) is 13.7. The van der Waals surface area contributed by atoms with Gasteiger partial charge in [-0.2, -0.15) is 0 Å². The topological polar surface area (TPSA) is 154 Å². The molecule has 1 aromatic rings. The minimum absolute atomic E-state index is 0.0328. The quantitative estimate of drug-likeness (QED) is 0.264. The van der Waals surface area contributed by atoms with Gasteiger partial charge < -0.3 is 26.4 Å². The van der Waals surface area contributed by atoms with Crippen molar-refractivity contribution in [1.29, 1.82) is 0 Å². The van der Waals surface area contributed by atoms with Crippen LogP contribution in [0.5, 0.6) is 0 Å². The fraction of sp³-hybridized carbons (Fsp3) is 0.435. The molecule has 0 aliphatic heterocycles. The minimum atomic E-state index is -1.20. The maximum Gasteiger partial charge on any atom is 0.322 e. The Labute approximate surface area is 193 Å². The van der Waals surface area contributed by atoms with Crippen LogP contribution in [0.2, 0.25) is 0 Å². The van der Waals surface area contributed by atoms with Crippen molar-refractivity contribution >= 4 is 29.6 Å². The number of rotatable bonds is 13. The lowest BCUT2D eigenvalue weighted by atomic mass is 10.0. The summed E-state index contributed by atoms with van der Waals surface area (Å²) in [5, 5.41) is 18.7. The Morgan fingerprint density at radius 1 is 0.909 bits per heavy atom. The van der Waals surface area contributed by atoms with Crippen LogP contribution in [0.1, 0.15) is 32.8 Å². The van der Waals surface area contributed by atoms with Gasteiger partial charge in [0.05, 0.1) is 6.54 Å². The van der Waals surface area contributed by atoms with Crippen molar-refractivity contribution in [3.05, 3.63) is 48.0 Å². The SMILES string of the molecule is C=C(C)C(=O)NCC(=O)N[C@@H](Cc1ccccc1)C(=O)NC(CC(C)C)C(=O)NCC(=O)O. The highest BCUT2D eigenvalue weighted by Crippen LogP contribution is 2.08. The first kappa shape index (κ1) is 27.3. The van der Waals surface area contributed by atoms with Gasteiger partial charge in [0.1, 0.15) is 18.6 Å². The third-order valence-corrected chi connectivity index (χ3v) is 4.49. The van der Waals surface area contributed by atoms with Gasteiger partial charge in [-0.3, -0.25) is 24.0 Å². The highest BCUT2D eigenvalue weighted by molar-refractivity contribution is 5.96. The molecule has 0 radical (unpaired) electrons. The highest BCUT2D eigenvalue weighted by atomic mass is 16.4. The molecule has 0 aromatic heterocycles. The zero-order chi connectivity index (χ0) is 25.0. The molecule has 1 aromatic carbocycles. The van der Waals surface area contributed by atoms with E-state index in [1.807, 2.05) is 19.9 Å².